The number of nitrogens with zero attached hydrogens (tertiary/aromatic N) is 2. The van der Waals surface area contributed by atoms with Crippen LogP contribution in [0.5, 0.6) is 0 Å². The third-order valence-electron chi connectivity index (χ3n) is 4.32. The van der Waals surface area contributed by atoms with E-state index >= 15 is 0 Å². The van der Waals surface area contributed by atoms with Crippen molar-refractivity contribution in [3.8, 4) is 11.3 Å². The number of halogens is 1. The Morgan fingerprint density at radius 3 is 2.67 bits per heavy atom. The van der Waals surface area contributed by atoms with Crippen LogP contribution in [-0.4, -0.2) is 15.9 Å². The Hall–Kier alpha value is -3.60. The normalized spacial score (nSPS) is 10.7. The molecule has 0 saturated carbocycles. The van der Waals surface area contributed by atoms with Crippen LogP contribution in [0.1, 0.15) is 16.1 Å². The third kappa shape index (κ3) is 3.53. The lowest BCUT2D eigenvalue weighted by atomic mass is 10.1. The predicted molar refractivity (Wildman–Crippen MR) is 104 cm³/mol. The highest BCUT2D eigenvalue weighted by atomic mass is 19.1. The molecular formula is C22H16FN3O. The van der Waals surface area contributed by atoms with E-state index in [2.05, 4.69) is 15.3 Å². The third-order valence-corrected chi connectivity index (χ3v) is 4.32. The van der Waals surface area contributed by atoms with E-state index in [0.717, 1.165) is 33.4 Å². The summed E-state index contributed by atoms with van der Waals surface area (Å²) in [5.41, 5.74) is 4.45. The number of benzene rings is 2. The van der Waals surface area contributed by atoms with E-state index in [-0.39, 0.29) is 11.7 Å². The van der Waals surface area contributed by atoms with Crippen LogP contribution in [0, 0.1) is 12.7 Å². The zero-order valence-corrected chi connectivity index (χ0v) is 14.6. The van der Waals surface area contributed by atoms with Gasteiger partial charge in [-0.3, -0.25) is 9.78 Å². The molecule has 0 atom stereocenters. The highest BCUT2D eigenvalue weighted by Crippen LogP contribution is 2.26. The van der Waals surface area contributed by atoms with Gasteiger partial charge >= 0.3 is 0 Å². The van der Waals surface area contributed by atoms with Crippen LogP contribution in [0.4, 0.5) is 10.1 Å². The Balaban J connectivity index is 1.62. The summed E-state index contributed by atoms with van der Waals surface area (Å²) >= 11 is 0. The molecule has 0 saturated heterocycles. The average molecular weight is 357 g/mol. The van der Waals surface area contributed by atoms with Crippen molar-refractivity contribution in [1.82, 2.24) is 9.97 Å². The summed E-state index contributed by atoms with van der Waals surface area (Å²) in [5, 5.41) is 3.64. The number of hydrogen-bond donors (Lipinski definition) is 1. The Labute approximate surface area is 155 Å². The van der Waals surface area contributed by atoms with Gasteiger partial charge in [0.2, 0.25) is 0 Å². The van der Waals surface area contributed by atoms with Gasteiger partial charge in [0.15, 0.2) is 0 Å². The fraction of sp³-hybridized carbons (Fsp3) is 0.0455. The number of rotatable bonds is 3. The lowest BCUT2D eigenvalue weighted by Crippen LogP contribution is -2.14. The lowest BCUT2D eigenvalue weighted by Gasteiger charge is -2.10. The average Bonchev–Trinajstić information content (AvgIpc) is 2.69. The first-order valence-electron chi connectivity index (χ1n) is 8.50. The number of amides is 1. The Morgan fingerprint density at radius 2 is 1.89 bits per heavy atom. The number of aryl methyl sites for hydroxylation is 1. The zero-order chi connectivity index (χ0) is 18.8. The fourth-order valence-corrected chi connectivity index (χ4v) is 2.90. The summed E-state index contributed by atoms with van der Waals surface area (Å²) in [5.74, 6) is -0.529. The molecule has 4 rings (SSSR count). The van der Waals surface area contributed by atoms with Gasteiger partial charge in [0, 0.05) is 22.8 Å². The van der Waals surface area contributed by atoms with Crippen LogP contribution in [0.2, 0.25) is 0 Å². The molecule has 132 valence electrons. The molecule has 2 aromatic heterocycles. The molecule has 0 spiro atoms. The maximum Gasteiger partial charge on any atom is 0.274 e. The molecule has 0 bridgehead atoms. The second-order valence-electron chi connectivity index (χ2n) is 6.23. The number of pyridine rings is 2. The first-order valence-corrected chi connectivity index (χ1v) is 8.50. The minimum Gasteiger partial charge on any atom is -0.320 e. The molecule has 4 aromatic rings. The van der Waals surface area contributed by atoms with E-state index in [0.29, 0.717) is 5.69 Å². The van der Waals surface area contributed by atoms with Gasteiger partial charge in [-0.25, -0.2) is 9.37 Å². The molecule has 0 aliphatic heterocycles. The quantitative estimate of drug-likeness (QED) is 0.561. The highest BCUT2D eigenvalue weighted by molar-refractivity contribution is 6.03. The molecule has 1 amide bonds. The van der Waals surface area contributed by atoms with Crippen LogP contribution in [0.3, 0.4) is 0 Å². The summed E-state index contributed by atoms with van der Waals surface area (Å²) < 4.78 is 13.3. The van der Waals surface area contributed by atoms with E-state index < -0.39 is 0 Å². The number of hydrogen-bond acceptors (Lipinski definition) is 3. The standard InChI is InChI=1S/C22H16FN3O/c1-14-12-15(19-9-6-16-13-17(23)7-10-20(16)25-19)5-8-18(14)26-22(27)21-4-2-3-11-24-21/h2-13H,1H3,(H,26,27). The van der Waals surface area contributed by atoms with Crippen molar-refractivity contribution in [3.05, 3.63) is 90.0 Å². The van der Waals surface area contributed by atoms with Gasteiger partial charge in [0.05, 0.1) is 11.2 Å². The maximum absolute atomic E-state index is 13.3. The zero-order valence-electron chi connectivity index (χ0n) is 14.6. The van der Waals surface area contributed by atoms with Crippen molar-refractivity contribution in [2.45, 2.75) is 6.92 Å². The SMILES string of the molecule is Cc1cc(-c2ccc3cc(F)ccc3n2)ccc1NC(=O)c1ccccn1. The van der Waals surface area contributed by atoms with Crippen molar-refractivity contribution < 1.29 is 9.18 Å². The van der Waals surface area contributed by atoms with Crippen LogP contribution in [-0.2, 0) is 0 Å². The molecule has 0 aliphatic rings. The summed E-state index contributed by atoms with van der Waals surface area (Å²) in [6.07, 6.45) is 1.59. The van der Waals surface area contributed by atoms with Gasteiger partial charge in [-0.05, 0) is 61.0 Å². The topological polar surface area (TPSA) is 54.9 Å². The Bertz CT molecular complexity index is 1140. The molecular weight excluding hydrogens is 341 g/mol. The van der Waals surface area contributed by atoms with Gasteiger partial charge < -0.3 is 5.32 Å². The largest absolute Gasteiger partial charge is 0.320 e. The van der Waals surface area contributed by atoms with Gasteiger partial charge in [-0.2, -0.15) is 0 Å². The molecule has 0 fully saturated rings. The monoisotopic (exact) mass is 357 g/mol. The van der Waals surface area contributed by atoms with Crippen LogP contribution in [0.15, 0.2) is 72.9 Å². The van der Waals surface area contributed by atoms with Crippen LogP contribution >= 0.6 is 0 Å². The van der Waals surface area contributed by atoms with Crippen LogP contribution in [0.25, 0.3) is 22.2 Å². The number of carbonyl (C=O) groups excluding carboxylic acids is 1. The molecule has 27 heavy (non-hydrogen) atoms. The van der Waals surface area contributed by atoms with Crippen molar-refractivity contribution >= 4 is 22.5 Å². The van der Waals surface area contributed by atoms with Gasteiger partial charge in [-0.15, -0.1) is 0 Å². The lowest BCUT2D eigenvalue weighted by molar-refractivity contribution is 0.102. The van der Waals surface area contributed by atoms with Crippen molar-refractivity contribution in [2.75, 3.05) is 5.32 Å². The number of anilines is 1. The number of fused-ring (bicyclic) bond motifs is 1. The summed E-state index contributed by atoms with van der Waals surface area (Å²) in [4.78, 5) is 20.9. The van der Waals surface area contributed by atoms with Gasteiger partial charge in [0.25, 0.3) is 5.91 Å². The first kappa shape index (κ1) is 16.8. The van der Waals surface area contributed by atoms with Crippen molar-refractivity contribution in [2.24, 2.45) is 0 Å². The van der Waals surface area contributed by atoms with Crippen molar-refractivity contribution in [3.63, 3.8) is 0 Å². The maximum atomic E-state index is 13.3. The minimum atomic E-state index is -0.277. The molecule has 0 aliphatic carbocycles. The highest BCUT2D eigenvalue weighted by Gasteiger charge is 2.10. The second kappa shape index (κ2) is 6.96. The minimum absolute atomic E-state index is 0.252. The molecule has 4 nitrogen and oxygen atoms in total. The Kier molecular flexibility index (Phi) is 4.34. The molecule has 5 heteroatoms. The molecule has 2 aromatic carbocycles. The van der Waals surface area contributed by atoms with Gasteiger partial charge in [-0.1, -0.05) is 18.2 Å². The van der Waals surface area contributed by atoms with E-state index in [4.69, 9.17) is 0 Å². The van der Waals surface area contributed by atoms with E-state index in [1.807, 2.05) is 37.3 Å². The van der Waals surface area contributed by atoms with Gasteiger partial charge in [0.1, 0.15) is 11.5 Å². The first-order chi connectivity index (χ1) is 13.1. The summed E-state index contributed by atoms with van der Waals surface area (Å²) in [7, 11) is 0. The molecule has 0 radical (unpaired) electrons. The van der Waals surface area contributed by atoms with E-state index in [1.54, 1.807) is 30.5 Å². The molecule has 1 N–H and O–H groups in total. The Morgan fingerprint density at radius 1 is 1.00 bits per heavy atom. The fourth-order valence-electron chi connectivity index (χ4n) is 2.90. The second-order valence-corrected chi connectivity index (χ2v) is 6.23. The van der Waals surface area contributed by atoms with Crippen molar-refractivity contribution in [1.29, 1.82) is 0 Å². The predicted octanol–water partition coefficient (Wildman–Crippen LogP) is 5.00. The molecule has 0 unspecified atom stereocenters. The van der Waals surface area contributed by atoms with Crippen LogP contribution < -0.4 is 5.32 Å². The number of carbonyl (C=O) groups is 1. The summed E-state index contributed by atoms with van der Waals surface area (Å²) in [6, 6.07) is 19.2. The molecule has 2 heterocycles. The number of aromatic nitrogens is 2. The van der Waals surface area contributed by atoms with E-state index in [9.17, 15) is 9.18 Å². The smallest absolute Gasteiger partial charge is 0.274 e. The van der Waals surface area contributed by atoms with E-state index in [1.165, 1.54) is 12.1 Å². The summed E-state index contributed by atoms with van der Waals surface area (Å²) in [6.45, 7) is 1.92. The number of nitrogens with one attached hydrogen (secondary N) is 1.